The van der Waals surface area contributed by atoms with Crippen molar-refractivity contribution in [2.45, 2.75) is 62.4 Å². The number of hydrogen-bond donors (Lipinski definition) is 0. The first-order chi connectivity index (χ1) is 12.7. The van der Waals surface area contributed by atoms with Gasteiger partial charge in [-0.25, -0.2) is 8.51 Å². The van der Waals surface area contributed by atoms with Crippen molar-refractivity contribution in [2.75, 3.05) is 0 Å². The molecule has 1 heterocycles. The van der Waals surface area contributed by atoms with Crippen LogP contribution in [0.25, 0.3) is 0 Å². The standard InChI is InChI=1S/C20H26N2O3S2/c1-5-6-20-17(4)22(20)26(23,18-11-7-15(2)8-12-18)21-27(24,25)19-13-9-16(3)10-14-19/h7-14,17,20H,5-6H2,1-4H3/t17-,20+,22?,26?/m1/s1. The zero-order chi connectivity index (χ0) is 19.8. The smallest absolute Gasteiger partial charge is 0.227 e. The van der Waals surface area contributed by atoms with Crippen LogP contribution in [0.1, 0.15) is 37.8 Å². The highest BCUT2D eigenvalue weighted by molar-refractivity contribution is 8.02. The molecule has 2 aromatic carbocycles. The second kappa shape index (κ2) is 7.37. The molecule has 1 saturated heterocycles. The van der Waals surface area contributed by atoms with E-state index < -0.39 is 19.9 Å². The van der Waals surface area contributed by atoms with Gasteiger partial charge >= 0.3 is 0 Å². The fourth-order valence-corrected chi connectivity index (χ4v) is 7.72. The minimum Gasteiger partial charge on any atom is -0.227 e. The van der Waals surface area contributed by atoms with Gasteiger partial charge < -0.3 is 0 Å². The molecule has 27 heavy (non-hydrogen) atoms. The molecule has 1 aliphatic heterocycles. The fourth-order valence-electron chi connectivity index (χ4n) is 3.26. The van der Waals surface area contributed by atoms with E-state index in [0.717, 1.165) is 24.0 Å². The largest absolute Gasteiger partial charge is 0.291 e. The van der Waals surface area contributed by atoms with E-state index >= 15 is 0 Å². The minimum absolute atomic E-state index is 0.0377. The Labute approximate surface area is 162 Å². The average molecular weight is 407 g/mol. The molecular weight excluding hydrogens is 380 g/mol. The number of aryl methyl sites for hydroxylation is 2. The van der Waals surface area contributed by atoms with Crippen molar-refractivity contribution in [3.8, 4) is 0 Å². The van der Waals surface area contributed by atoms with Crippen molar-refractivity contribution in [2.24, 2.45) is 3.77 Å². The lowest BCUT2D eigenvalue weighted by atomic mass is 10.2. The number of hydrogen-bond acceptors (Lipinski definition) is 3. The first-order valence-electron chi connectivity index (χ1n) is 9.14. The summed E-state index contributed by atoms with van der Waals surface area (Å²) < 4.78 is 45.6. The molecule has 7 heteroatoms. The van der Waals surface area contributed by atoms with Crippen LogP contribution in [-0.2, 0) is 19.9 Å². The lowest BCUT2D eigenvalue weighted by Gasteiger charge is -2.13. The molecule has 4 atom stereocenters. The van der Waals surface area contributed by atoms with Crippen LogP contribution in [0.2, 0.25) is 0 Å². The SMILES string of the molecule is CCC[C@H]1[C@@H](C)N1S(=O)(=NS(=O)(=O)c1ccc(C)cc1)c1ccc(C)cc1. The van der Waals surface area contributed by atoms with Gasteiger partial charge in [-0.15, -0.1) is 0 Å². The lowest BCUT2D eigenvalue weighted by molar-refractivity contribution is 0.594. The van der Waals surface area contributed by atoms with Crippen LogP contribution in [0.4, 0.5) is 0 Å². The summed E-state index contributed by atoms with van der Waals surface area (Å²) >= 11 is 0. The molecule has 0 radical (unpaired) electrons. The van der Waals surface area contributed by atoms with Gasteiger partial charge in [-0.05, 0) is 51.5 Å². The highest BCUT2D eigenvalue weighted by Crippen LogP contribution is 2.40. The second-order valence-electron chi connectivity index (χ2n) is 7.13. The van der Waals surface area contributed by atoms with E-state index in [4.69, 9.17) is 0 Å². The first-order valence-corrected chi connectivity index (χ1v) is 12.1. The third-order valence-electron chi connectivity index (χ3n) is 4.91. The number of benzene rings is 2. The molecule has 2 aromatic rings. The summed E-state index contributed by atoms with van der Waals surface area (Å²) in [6.45, 7) is 7.86. The molecule has 0 aromatic heterocycles. The topological polar surface area (TPSA) is 66.6 Å². The Morgan fingerprint density at radius 1 is 0.889 bits per heavy atom. The molecule has 5 nitrogen and oxygen atoms in total. The van der Waals surface area contributed by atoms with Crippen LogP contribution in [0, 0.1) is 13.8 Å². The predicted molar refractivity (Wildman–Crippen MR) is 108 cm³/mol. The Hall–Kier alpha value is -1.70. The van der Waals surface area contributed by atoms with Crippen molar-refractivity contribution < 1.29 is 12.6 Å². The summed E-state index contributed by atoms with van der Waals surface area (Å²) in [4.78, 5) is 0.503. The maximum atomic E-state index is 14.0. The van der Waals surface area contributed by atoms with Crippen molar-refractivity contribution >= 4 is 19.9 Å². The fraction of sp³-hybridized carbons (Fsp3) is 0.400. The van der Waals surface area contributed by atoms with E-state index in [2.05, 4.69) is 10.7 Å². The van der Waals surface area contributed by atoms with Gasteiger partial charge in [0.25, 0.3) is 10.0 Å². The summed E-state index contributed by atoms with van der Waals surface area (Å²) in [7, 11) is -7.31. The van der Waals surface area contributed by atoms with Gasteiger partial charge in [-0.3, -0.25) is 0 Å². The number of sulfonamides is 1. The Morgan fingerprint density at radius 3 is 1.85 bits per heavy atom. The van der Waals surface area contributed by atoms with Gasteiger partial charge in [0.2, 0.25) is 0 Å². The Morgan fingerprint density at radius 2 is 1.37 bits per heavy atom. The summed E-state index contributed by atoms with van der Waals surface area (Å²) in [6, 6.07) is 13.7. The van der Waals surface area contributed by atoms with Gasteiger partial charge in [-0.1, -0.05) is 52.5 Å². The van der Waals surface area contributed by atoms with Gasteiger partial charge in [0.1, 0.15) is 0 Å². The van der Waals surface area contributed by atoms with Gasteiger partial charge in [0.05, 0.1) is 9.79 Å². The van der Waals surface area contributed by atoms with E-state index in [1.165, 1.54) is 12.1 Å². The van der Waals surface area contributed by atoms with Gasteiger partial charge in [0.15, 0.2) is 9.92 Å². The Kier molecular flexibility index (Phi) is 5.47. The van der Waals surface area contributed by atoms with Crippen LogP contribution in [0.15, 0.2) is 62.1 Å². The van der Waals surface area contributed by atoms with E-state index in [-0.39, 0.29) is 17.0 Å². The van der Waals surface area contributed by atoms with E-state index in [1.54, 1.807) is 28.6 Å². The molecule has 0 N–H and O–H groups in total. The van der Waals surface area contributed by atoms with Crippen molar-refractivity contribution in [3.63, 3.8) is 0 Å². The number of nitrogens with zero attached hydrogens (tertiary/aromatic N) is 2. The van der Waals surface area contributed by atoms with Crippen LogP contribution < -0.4 is 0 Å². The van der Waals surface area contributed by atoms with E-state index in [9.17, 15) is 12.6 Å². The van der Waals surface area contributed by atoms with Crippen LogP contribution >= 0.6 is 0 Å². The molecule has 0 bridgehead atoms. The van der Waals surface area contributed by atoms with Gasteiger partial charge in [-0.2, -0.15) is 8.42 Å². The maximum Gasteiger partial charge on any atom is 0.291 e. The molecule has 146 valence electrons. The van der Waals surface area contributed by atoms with Crippen LogP contribution in [-0.4, -0.2) is 29.0 Å². The highest BCUT2D eigenvalue weighted by Gasteiger charge is 2.51. The molecule has 2 unspecified atom stereocenters. The third-order valence-corrected chi connectivity index (χ3v) is 9.43. The Balaban J connectivity index is 2.15. The predicted octanol–water partition coefficient (Wildman–Crippen LogP) is 4.31. The molecule has 0 saturated carbocycles. The van der Waals surface area contributed by atoms with Crippen LogP contribution in [0.3, 0.4) is 0 Å². The highest BCUT2D eigenvalue weighted by atomic mass is 32.3. The quantitative estimate of drug-likeness (QED) is 0.672. The molecule has 1 fully saturated rings. The summed E-state index contributed by atoms with van der Waals surface area (Å²) in [6.07, 6.45) is 1.81. The first kappa shape index (κ1) is 20.0. The van der Waals surface area contributed by atoms with E-state index in [1.807, 2.05) is 32.9 Å². The summed E-state index contributed by atoms with van der Waals surface area (Å²) in [5, 5.41) is 0. The maximum absolute atomic E-state index is 14.0. The van der Waals surface area contributed by atoms with Crippen molar-refractivity contribution in [3.05, 3.63) is 59.7 Å². The summed E-state index contributed by atoms with van der Waals surface area (Å²) in [5.41, 5.74) is 1.97. The summed E-state index contributed by atoms with van der Waals surface area (Å²) in [5.74, 6) is 0. The van der Waals surface area contributed by atoms with Crippen molar-refractivity contribution in [1.82, 2.24) is 4.31 Å². The normalized spacial score (nSPS) is 24.2. The second-order valence-corrected chi connectivity index (χ2v) is 11.0. The molecule has 0 aliphatic carbocycles. The van der Waals surface area contributed by atoms with Gasteiger partial charge in [0, 0.05) is 12.1 Å². The molecule has 0 amide bonds. The zero-order valence-electron chi connectivity index (χ0n) is 16.1. The Bertz CT molecular complexity index is 1040. The third kappa shape index (κ3) is 3.95. The molecule has 1 aliphatic rings. The number of rotatable bonds is 6. The molecule has 0 spiro atoms. The van der Waals surface area contributed by atoms with E-state index in [0.29, 0.717) is 4.90 Å². The van der Waals surface area contributed by atoms with Crippen LogP contribution in [0.5, 0.6) is 0 Å². The molecule has 3 rings (SSSR count). The average Bonchev–Trinajstić information content (AvgIpc) is 3.26. The monoisotopic (exact) mass is 406 g/mol. The lowest BCUT2D eigenvalue weighted by Crippen LogP contribution is -2.18. The zero-order valence-corrected chi connectivity index (χ0v) is 17.8. The molecular formula is C20H26N2O3S2. The minimum atomic E-state index is -4.05. The van der Waals surface area contributed by atoms with Crippen molar-refractivity contribution in [1.29, 1.82) is 0 Å².